The normalized spacial score (nSPS) is 10.8. The first-order valence-electron chi connectivity index (χ1n) is 4.14. The first-order chi connectivity index (χ1) is 4.77. The van der Waals surface area contributed by atoms with E-state index in [0.29, 0.717) is 0 Å². The summed E-state index contributed by atoms with van der Waals surface area (Å²) >= 11 is 0. The van der Waals surface area contributed by atoms with Crippen LogP contribution in [0.3, 0.4) is 0 Å². The Morgan fingerprint density at radius 2 is 1.90 bits per heavy atom. The minimum Gasteiger partial charge on any atom is -0.381 e. The molecule has 0 rings (SSSR count). The third-order valence-corrected chi connectivity index (χ3v) is 2.67. The average molecular weight is 159 g/mol. The molecule has 0 fully saturated rings. The first kappa shape index (κ1) is 10.2. The van der Waals surface area contributed by atoms with E-state index in [-0.39, 0.29) is 8.80 Å². The maximum Gasteiger partial charge on any atom is 0.0463 e. The van der Waals surface area contributed by atoms with Crippen LogP contribution in [-0.4, -0.2) is 22.0 Å². The lowest BCUT2D eigenvalue weighted by molar-refractivity contribution is 0.135. The molecular weight excluding hydrogens is 140 g/mol. The van der Waals surface area contributed by atoms with Gasteiger partial charge in [0.05, 0.1) is 0 Å². The zero-order valence-electron chi connectivity index (χ0n) is 7.44. The molecule has 0 aromatic carbocycles. The molecule has 1 radical (unpaired) electrons. The van der Waals surface area contributed by atoms with Crippen molar-refractivity contribution in [2.24, 2.45) is 0 Å². The van der Waals surface area contributed by atoms with Crippen molar-refractivity contribution < 1.29 is 4.74 Å². The quantitative estimate of drug-likeness (QED) is 0.427. The van der Waals surface area contributed by atoms with Crippen LogP contribution in [0.4, 0.5) is 0 Å². The predicted octanol–water partition coefficient (Wildman–Crippen LogP) is 2.56. The fourth-order valence-electron chi connectivity index (χ4n) is 0.774. The molecule has 2 heteroatoms. The van der Waals surface area contributed by atoms with E-state index < -0.39 is 0 Å². The summed E-state index contributed by atoms with van der Waals surface area (Å²) in [5, 5.41) is 0. The molecule has 0 unspecified atom stereocenters. The van der Waals surface area contributed by atoms with Gasteiger partial charge in [0.15, 0.2) is 0 Å². The SMILES string of the molecule is CCCOCCC[Si](C)C. The Bertz CT molecular complexity index is 64.3. The minimum atomic E-state index is -0.00170. The Morgan fingerprint density at radius 3 is 2.40 bits per heavy atom. The highest BCUT2D eigenvalue weighted by Crippen LogP contribution is 1.97. The number of rotatable bonds is 6. The second-order valence-corrected chi connectivity index (χ2v) is 5.84. The molecule has 0 heterocycles. The summed E-state index contributed by atoms with van der Waals surface area (Å²) in [5.74, 6) is 0. The van der Waals surface area contributed by atoms with Crippen LogP contribution >= 0.6 is 0 Å². The minimum absolute atomic E-state index is 0.00170. The topological polar surface area (TPSA) is 9.23 Å². The van der Waals surface area contributed by atoms with Gasteiger partial charge in [-0.3, -0.25) is 0 Å². The molecule has 0 atom stereocenters. The van der Waals surface area contributed by atoms with Crippen LogP contribution in [-0.2, 0) is 4.74 Å². The molecule has 10 heavy (non-hydrogen) atoms. The van der Waals surface area contributed by atoms with Gasteiger partial charge in [-0.1, -0.05) is 26.1 Å². The first-order valence-corrected chi connectivity index (χ1v) is 6.85. The van der Waals surface area contributed by atoms with Crippen molar-refractivity contribution in [3.8, 4) is 0 Å². The molecule has 0 aliphatic heterocycles. The molecule has 0 aromatic heterocycles. The maximum atomic E-state index is 5.35. The van der Waals surface area contributed by atoms with Crippen molar-refractivity contribution in [1.29, 1.82) is 0 Å². The summed E-state index contributed by atoms with van der Waals surface area (Å²) in [6.45, 7) is 8.77. The Balaban J connectivity index is 2.77. The smallest absolute Gasteiger partial charge is 0.0463 e. The summed E-state index contributed by atoms with van der Waals surface area (Å²) in [5.41, 5.74) is 0. The van der Waals surface area contributed by atoms with E-state index in [1.807, 2.05) is 0 Å². The van der Waals surface area contributed by atoms with Crippen molar-refractivity contribution in [2.45, 2.75) is 38.9 Å². The van der Waals surface area contributed by atoms with Gasteiger partial charge in [-0.05, 0) is 12.8 Å². The Hall–Kier alpha value is 0.177. The van der Waals surface area contributed by atoms with Gasteiger partial charge in [0.25, 0.3) is 0 Å². The molecule has 0 aliphatic rings. The Kier molecular flexibility index (Phi) is 7.41. The van der Waals surface area contributed by atoms with E-state index in [9.17, 15) is 0 Å². The van der Waals surface area contributed by atoms with Crippen molar-refractivity contribution in [3.63, 3.8) is 0 Å². The van der Waals surface area contributed by atoms with Crippen LogP contribution in [0.5, 0.6) is 0 Å². The lowest BCUT2D eigenvalue weighted by Crippen LogP contribution is -2.02. The summed E-state index contributed by atoms with van der Waals surface area (Å²) in [4.78, 5) is 0. The van der Waals surface area contributed by atoms with Crippen LogP contribution in [0.25, 0.3) is 0 Å². The number of hydrogen-bond acceptors (Lipinski definition) is 1. The van der Waals surface area contributed by atoms with Gasteiger partial charge in [0.2, 0.25) is 0 Å². The molecule has 0 N–H and O–H groups in total. The molecule has 0 amide bonds. The van der Waals surface area contributed by atoms with Crippen molar-refractivity contribution >= 4 is 8.80 Å². The van der Waals surface area contributed by atoms with Crippen LogP contribution in [0, 0.1) is 0 Å². The second kappa shape index (κ2) is 7.29. The van der Waals surface area contributed by atoms with Gasteiger partial charge in [-0.25, -0.2) is 0 Å². The van der Waals surface area contributed by atoms with Crippen LogP contribution in [0.1, 0.15) is 19.8 Å². The predicted molar refractivity (Wildman–Crippen MR) is 48.0 cm³/mol. The van der Waals surface area contributed by atoms with E-state index in [4.69, 9.17) is 4.74 Å². The highest BCUT2D eigenvalue weighted by Gasteiger charge is 1.94. The van der Waals surface area contributed by atoms with Gasteiger partial charge in [-0.2, -0.15) is 0 Å². The lowest BCUT2D eigenvalue weighted by Gasteiger charge is -2.02. The second-order valence-electron chi connectivity index (χ2n) is 2.92. The highest BCUT2D eigenvalue weighted by molar-refractivity contribution is 6.55. The maximum absolute atomic E-state index is 5.35. The fourth-order valence-corrected chi connectivity index (χ4v) is 1.63. The number of hydrogen-bond donors (Lipinski definition) is 0. The van der Waals surface area contributed by atoms with E-state index in [1.165, 1.54) is 12.5 Å². The highest BCUT2D eigenvalue weighted by atomic mass is 28.3. The van der Waals surface area contributed by atoms with Crippen LogP contribution < -0.4 is 0 Å². The zero-order chi connectivity index (χ0) is 7.82. The molecule has 0 aromatic rings. The molecule has 0 saturated heterocycles. The third kappa shape index (κ3) is 8.18. The molecule has 1 nitrogen and oxygen atoms in total. The van der Waals surface area contributed by atoms with Crippen LogP contribution in [0.15, 0.2) is 0 Å². The summed E-state index contributed by atoms with van der Waals surface area (Å²) < 4.78 is 5.35. The third-order valence-electron chi connectivity index (χ3n) is 1.31. The Labute approximate surface area is 66.4 Å². The molecule has 0 bridgehead atoms. The molecule has 0 saturated carbocycles. The van der Waals surface area contributed by atoms with Gasteiger partial charge in [0, 0.05) is 22.0 Å². The molecule has 61 valence electrons. The fraction of sp³-hybridized carbons (Fsp3) is 1.00. The summed E-state index contributed by atoms with van der Waals surface area (Å²) in [6.07, 6.45) is 2.41. The van der Waals surface area contributed by atoms with Gasteiger partial charge in [0.1, 0.15) is 0 Å². The monoisotopic (exact) mass is 159 g/mol. The number of ether oxygens (including phenoxy) is 1. The largest absolute Gasteiger partial charge is 0.381 e. The average Bonchev–Trinajstić information content (AvgIpc) is 1.87. The van der Waals surface area contributed by atoms with Gasteiger partial charge in [-0.15, -0.1) is 0 Å². The standard InChI is InChI=1S/C8H19OSi/c1-4-6-9-7-5-8-10(2)3/h4-8H2,1-3H3. The van der Waals surface area contributed by atoms with E-state index in [0.717, 1.165) is 19.6 Å². The van der Waals surface area contributed by atoms with E-state index >= 15 is 0 Å². The summed E-state index contributed by atoms with van der Waals surface area (Å²) in [7, 11) is -0.00170. The van der Waals surface area contributed by atoms with Gasteiger partial charge < -0.3 is 4.74 Å². The Morgan fingerprint density at radius 1 is 1.20 bits per heavy atom. The van der Waals surface area contributed by atoms with Crippen LogP contribution in [0.2, 0.25) is 19.1 Å². The van der Waals surface area contributed by atoms with Crippen molar-refractivity contribution in [3.05, 3.63) is 0 Å². The van der Waals surface area contributed by atoms with E-state index in [2.05, 4.69) is 20.0 Å². The molecular formula is C8H19OSi. The molecule has 0 aliphatic carbocycles. The van der Waals surface area contributed by atoms with Gasteiger partial charge >= 0.3 is 0 Å². The lowest BCUT2D eigenvalue weighted by atomic mass is 10.5. The van der Waals surface area contributed by atoms with Crippen molar-refractivity contribution in [1.82, 2.24) is 0 Å². The van der Waals surface area contributed by atoms with Crippen molar-refractivity contribution in [2.75, 3.05) is 13.2 Å². The van der Waals surface area contributed by atoms with E-state index in [1.54, 1.807) is 0 Å². The summed E-state index contributed by atoms with van der Waals surface area (Å²) in [6, 6.07) is 1.40. The molecule has 0 spiro atoms. The zero-order valence-corrected chi connectivity index (χ0v) is 8.44.